The Bertz CT molecular complexity index is 193. The van der Waals surface area contributed by atoms with Gasteiger partial charge in [0.15, 0.2) is 0 Å². The lowest BCUT2D eigenvalue weighted by atomic mass is 9.84. The van der Waals surface area contributed by atoms with E-state index in [4.69, 9.17) is 10.5 Å². The number of hydrogen-bond donors (Lipinski definition) is 1. The lowest BCUT2D eigenvalue weighted by Crippen LogP contribution is -2.49. The maximum atomic E-state index is 11.6. The van der Waals surface area contributed by atoms with Gasteiger partial charge in [-0.2, -0.15) is 0 Å². The van der Waals surface area contributed by atoms with Crippen molar-refractivity contribution in [2.45, 2.75) is 13.0 Å². The van der Waals surface area contributed by atoms with Gasteiger partial charge in [-0.25, -0.2) is 0 Å². The first-order valence-electron chi connectivity index (χ1n) is 4.03. The number of hydrogen-bond acceptors (Lipinski definition) is 3. The molecule has 0 aliphatic carbocycles. The van der Waals surface area contributed by atoms with E-state index in [1.54, 1.807) is 19.0 Å². The highest BCUT2D eigenvalue weighted by molar-refractivity contribution is 5.83. The molecule has 4 heteroatoms. The zero-order valence-corrected chi connectivity index (χ0v) is 7.83. The number of carbonyl (C=O) groups is 1. The van der Waals surface area contributed by atoms with Crippen molar-refractivity contribution in [2.75, 3.05) is 27.3 Å². The van der Waals surface area contributed by atoms with Gasteiger partial charge in [-0.15, -0.1) is 0 Å². The molecule has 1 aliphatic rings. The number of nitrogens with two attached hydrogens (primary N) is 1. The predicted octanol–water partition coefficient (Wildman–Crippen LogP) is -0.562. The fourth-order valence-electron chi connectivity index (χ4n) is 1.42. The van der Waals surface area contributed by atoms with Crippen molar-refractivity contribution in [3.63, 3.8) is 0 Å². The second kappa shape index (κ2) is 3.03. The van der Waals surface area contributed by atoms with Crippen LogP contribution in [-0.4, -0.2) is 44.2 Å². The first-order valence-corrected chi connectivity index (χ1v) is 4.03. The lowest BCUT2D eigenvalue weighted by Gasteiger charge is -2.28. The topological polar surface area (TPSA) is 55.6 Å². The van der Waals surface area contributed by atoms with Crippen LogP contribution < -0.4 is 5.73 Å². The Balaban J connectivity index is 2.77. The summed E-state index contributed by atoms with van der Waals surface area (Å²) in [6.45, 7) is 2.77. The van der Waals surface area contributed by atoms with Crippen LogP contribution in [0.3, 0.4) is 0 Å². The average Bonchev–Trinajstić information content (AvgIpc) is 2.32. The molecule has 2 atom stereocenters. The van der Waals surface area contributed by atoms with Gasteiger partial charge in [0.25, 0.3) is 0 Å². The summed E-state index contributed by atoms with van der Waals surface area (Å²) in [4.78, 5) is 13.2. The standard InChI is InChI=1S/C8H16N2O2/c1-8(7(11)10(2)3)5-12-4-6(8)9/h6H,4-5,9H2,1-3H3. The molecule has 1 fully saturated rings. The molecule has 0 radical (unpaired) electrons. The molecule has 0 spiro atoms. The van der Waals surface area contributed by atoms with Crippen LogP contribution in [-0.2, 0) is 9.53 Å². The second-order valence-electron chi connectivity index (χ2n) is 3.74. The van der Waals surface area contributed by atoms with Crippen molar-refractivity contribution in [1.29, 1.82) is 0 Å². The molecule has 1 heterocycles. The second-order valence-corrected chi connectivity index (χ2v) is 3.74. The van der Waals surface area contributed by atoms with Crippen molar-refractivity contribution in [1.82, 2.24) is 4.90 Å². The van der Waals surface area contributed by atoms with Gasteiger partial charge in [-0.3, -0.25) is 4.79 Å². The molecular formula is C8H16N2O2. The summed E-state index contributed by atoms with van der Waals surface area (Å²) in [6, 6.07) is -0.174. The van der Waals surface area contributed by atoms with E-state index in [1.807, 2.05) is 6.92 Å². The van der Waals surface area contributed by atoms with Gasteiger partial charge in [0, 0.05) is 20.1 Å². The molecule has 70 valence electrons. The molecule has 0 aromatic rings. The van der Waals surface area contributed by atoms with Crippen molar-refractivity contribution in [2.24, 2.45) is 11.1 Å². The van der Waals surface area contributed by atoms with E-state index in [0.29, 0.717) is 13.2 Å². The van der Waals surface area contributed by atoms with Crippen LogP contribution in [0.1, 0.15) is 6.92 Å². The van der Waals surface area contributed by atoms with E-state index in [9.17, 15) is 4.79 Å². The Morgan fingerprint density at radius 1 is 1.67 bits per heavy atom. The summed E-state index contributed by atoms with van der Waals surface area (Å²) < 4.78 is 5.17. The highest BCUT2D eigenvalue weighted by Crippen LogP contribution is 2.28. The molecule has 2 unspecified atom stereocenters. The van der Waals surface area contributed by atoms with Gasteiger partial charge >= 0.3 is 0 Å². The number of amides is 1. The Morgan fingerprint density at radius 3 is 2.58 bits per heavy atom. The summed E-state index contributed by atoms with van der Waals surface area (Å²) >= 11 is 0. The molecule has 12 heavy (non-hydrogen) atoms. The molecule has 0 bridgehead atoms. The van der Waals surface area contributed by atoms with E-state index < -0.39 is 5.41 Å². The van der Waals surface area contributed by atoms with Crippen molar-refractivity contribution < 1.29 is 9.53 Å². The van der Waals surface area contributed by atoms with Gasteiger partial charge in [-0.05, 0) is 6.92 Å². The molecule has 1 saturated heterocycles. The van der Waals surface area contributed by atoms with Gasteiger partial charge in [0.1, 0.15) is 0 Å². The lowest BCUT2D eigenvalue weighted by molar-refractivity contribution is -0.139. The van der Waals surface area contributed by atoms with E-state index in [2.05, 4.69) is 0 Å². The molecule has 1 amide bonds. The predicted molar refractivity (Wildman–Crippen MR) is 45.6 cm³/mol. The maximum Gasteiger partial charge on any atom is 0.231 e. The summed E-state index contributed by atoms with van der Waals surface area (Å²) in [5.74, 6) is 0.0486. The fourth-order valence-corrected chi connectivity index (χ4v) is 1.42. The van der Waals surface area contributed by atoms with Crippen LogP contribution in [0.4, 0.5) is 0 Å². The number of rotatable bonds is 1. The molecule has 0 saturated carbocycles. The maximum absolute atomic E-state index is 11.6. The smallest absolute Gasteiger partial charge is 0.231 e. The first kappa shape index (κ1) is 9.48. The minimum Gasteiger partial charge on any atom is -0.379 e. The van der Waals surface area contributed by atoms with Gasteiger partial charge < -0.3 is 15.4 Å². The summed E-state index contributed by atoms with van der Waals surface area (Å²) in [5.41, 5.74) is 5.26. The van der Waals surface area contributed by atoms with Gasteiger partial charge in [0.2, 0.25) is 5.91 Å². The van der Waals surface area contributed by atoms with Gasteiger partial charge in [-0.1, -0.05) is 0 Å². The summed E-state index contributed by atoms with van der Waals surface area (Å²) in [7, 11) is 3.47. The van der Waals surface area contributed by atoms with Crippen molar-refractivity contribution in [3.05, 3.63) is 0 Å². The summed E-state index contributed by atoms with van der Waals surface area (Å²) in [5, 5.41) is 0. The molecule has 0 aromatic heterocycles. The fraction of sp³-hybridized carbons (Fsp3) is 0.875. The summed E-state index contributed by atoms with van der Waals surface area (Å²) in [6.07, 6.45) is 0. The third-order valence-corrected chi connectivity index (χ3v) is 2.41. The third-order valence-electron chi connectivity index (χ3n) is 2.41. The zero-order chi connectivity index (χ0) is 9.35. The van der Waals surface area contributed by atoms with Crippen LogP contribution >= 0.6 is 0 Å². The van der Waals surface area contributed by atoms with Crippen molar-refractivity contribution in [3.8, 4) is 0 Å². The van der Waals surface area contributed by atoms with E-state index in [0.717, 1.165) is 0 Å². The number of carbonyl (C=O) groups excluding carboxylic acids is 1. The number of nitrogens with zero attached hydrogens (tertiary/aromatic N) is 1. The Kier molecular flexibility index (Phi) is 2.39. The Labute approximate surface area is 72.7 Å². The largest absolute Gasteiger partial charge is 0.379 e. The quantitative estimate of drug-likeness (QED) is 0.576. The number of ether oxygens (including phenoxy) is 1. The Hall–Kier alpha value is -0.610. The monoisotopic (exact) mass is 172 g/mol. The molecule has 1 aliphatic heterocycles. The van der Waals surface area contributed by atoms with Crippen LogP contribution in [0.5, 0.6) is 0 Å². The molecule has 2 N–H and O–H groups in total. The van der Waals surface area contributed by atoms with Crippen molar-refractivity contribution >= 4 is 5.91 Å². The first-order chi connectivity index (χ1) is 5.48. The highest BCUT2D eigenvalue weighted by atomic mass is 16.5. The highest BCUT2D eigenvalue weighted by Gasteiger charge is 2.44. The SMILES string of the molecule is CN(C)C(=O)C1(C)COCC1N. The van der Waals surface area contributed by atoms with Crippen LogP contribution in [0.2, 0.25) is 0 Å². The van der Waals surface area contributed by atoms with E-state index >= 15 is 0 Å². The average molecular weight is 172 g/mol. The minimum absolute atomic E-state index is 0.0486. The van der Waals surface area contributed by atoms with Crippen LogP contribution in [0, 0.1) is 5.41 Å². The van der Waals surface area contributed by atoms with Crippen LogP contribution in [0.25, 0.3) is 0 Å². The zero-order valence-electron chi connectivity index (χ0n) is 7.83. The Morgan fingerprint density at radius 2 is 2.25 bits per heavy atom. The molecule has 1 rings (SSSR count). The van der Waals surface area contributed by atoms with Gasteiger partial charge in [0.05, 0.1) is 18.6 Å². The van der Waals surface area contributed by atoms with Crippen LogP contribution in [0.15, 0.2) is 0 Å². The normalized spacial score (nSPS) is 35.2. The molecule has 0 aromatic carbocycles. The third kappa shape index (κ3) is 1.32. The minimum atomic E-state index is -0.524. The van der Waals surface area contributed by atoms with E-state index in [-0.39, 0.29) is 11.9 Å². The van der Waals surface area contributed by atoms with E-state index in [1.165, 1.54) is 0 Å². The molecule has 4 nitrogen and oxygen atoms in total. The molecular weight excluding hydrogens is 156 g/mol.